The van der Waals surface area contributed by atoms with Crippen LogP contribution in [0.3, 0.4) is 0 Å². The zero-order valence-corrected chi connectivity index (χ0v) is 10.9. The number of nitrogens with one attached hydrogen (secondary N) is 2. The molecule has 1 heterocycles. The summed E-state index contributed by atoms with van der Waals surface area (Å²) < 4.78 is 5.11. The summed E-state index contributed by atoms with van der Waals surface area (Å²) in [7, 11) is 0. The number of hydrogen-bond acceptors (Lipinski definition) is 4. The fraction of sp³-hybridized carbons (Fsp3) is 0.500. The van der Waals surface area contributed by atoms with E-state index in [0.717, 1.165) is 31.4 Å². The summed E-state index contributed by atoms with van der Waals surface area (Å²) in [5.41, 5.74) is 3.94. The molecule has 0 saturated carbocycles. The quantitative estimate of drug-likeness (QED) is 0.771. The lowest BCUT2D eigenvalue weighted by molar-refractivity contribution is 0.0865. The van der Waals surface area contributed by atoms with E-state index in [1.807, 2.05) is 30.3 Å². The molecular weight excluding hydrogens is 244 g/mol. The molecule has 19 heavy (non-hydrogen) atoms. The number of ether oxygens (including phenoxy) is 1. The number of carbonyl (C=O) groups excluding carboxylic acids is 1. The molecule has 1 saturated heterocycles. The van der Waals surface area contributed by atoms with Gasteiger partial charge in [0.25, 0.3) is 0 Å². The summed E-state index contributed by atoms with van der Waals surface area (Å²) in [5, 5.41) is 2.75. The van der Waals surface area contributed by atoms with Crippen LogP contribution in [0.25, 0.3) is 0 Å². The highest BCUT2D eigenvalue weighted by atomic mass is 16.7. The van der Waals surface area contributed by atoms with Gasteiger partial charge < -0.3 is 14.9 Å². The third kappa shape index (κ3) is 5.28. The van der Waals surface area contributed by atoms with Crippen molar-refractivity contribution in [3.63, 3.8) is 0 Å². The minimum absolute atomic E-state index is 0.310. The molecule has 104 valence electrons. The maximum Gasteiger partial charge on any atom is 0.407 e. The fourth-order valence-electron chi connectivity index (χ4n) is 1.95. The first-order valence-electron chi connectivity index (χ1n) is 6.66. The molecular formula is C14H20N2O3. The van der Waals surface area contributed by atoms with Crippen molar-refractivity contribution < 1.29 is 14.4 Å². The van der Waals surface area contributed by atoms with Gasteiger partial charge in [-0.15, -0.1) is 0 Å². The fourth-order valence-corrected chi connectivity index (χ4v) is 1.95. The van der Waals surface area contributed by atoms with Crippen molar-refractivity contribution in [2.24, 2.45) is 0 Å². The first-order valence-corrected chi connectivity index (χ1v) is 6.66. The SMILES string of the molecule is O=C(NCCCC1CCON1)OCc1ccccc1. The summed E-state index contributed by atoms with van der Waals surface area (Å²) in [6, 6.07) is 10.1. The van der Waals surface area contributed by atoms with Crippen molar-refractivity contribution in [1.29, 1.82) is 0 Å². The van der Waals surface area contributed by atoms with E-state index >= 15 is 0 Å². The summed E-state index contributed by atoms with van der Waals surface area (Å²) in [4.78, 5) is 16.5. The lowest BCUT2D eigenvalue weighted by Gasteiger charge is -2.09. The summed E-state index contributed by atoms with van der Waals surface area (Å²) in [5.74, 6) is 0. The minimum Gasteiger partial charge on any atom is -0.445 e. The molecule has 0 radical (unpaired) electrons. The standard InChI is InChI=1S/C14H20N2O3/c17-14(18-11-12-5-2-1-3-6-12)15-9-4-7-13-8-10-19-16-13/h1-3,5-6,13,16H,4,7-11H2,(H,15,17). The Kier molecular flexibility index (Phi) is 5.65. The molecule has 0 aliphatic carbocycles. The zero-order chi connectivity index (χ0) is 13.3. The predicted molar refractivity (Wildman–Crippen MR) is 71.4 cm³/mol. The van der Waals surface area contributed by atoms with Gasteiger partial charge in [-0.3, -0.25) is 0 Å². The smallest absolute Gasteiger partial charge is 0.407 e. The Balaban J connectivity index is 1.52. The maximum absolute atomic E-state index is 11.4. The molecule has 0 bridgehead atoms. The maximum atomic E-state index is 11.4. The minimum atomic E-state index is -0.362. The molecule has 5 nitrogen and oxygen atoms in total. The van der Waals surface area contributed by atoms with Crippen molar-refractivity contribution in [2.75, 3.05) is 13.2 Å². The summed E-state index contributed by atoms with van der Waals surface area (Å²) in [6.07, 6.45) is 2.60. The Morgan fingerprint density at radius 2 is 2.26 bits per heavy atom. The molecule has 1 fully saturated rings. The number of benzene rings is 1. The number of rotatable bonds is 6. The second-order valence-electron chi connectivity index (χ2n) is 4.58. The van der Waals surface area contributed by atoms with Crippen molar-refractivity contribution >= 4 is 6.09 Å². The third-order valence-electron chi connectivity index (χ3n) is 3.03. The first-order chi connectivity index (χ1) is 9.34. The second kappa shape index (κ2) is 7.76. The Bertz CT molecular complexity index is 378. The normalized spacial score (nSPS) is 18.2. The molecule has 0 spiro atoms. The van der Waals surface area contributed by atoms with E-state index < -0.39 is 0 Å². The molecule has 1 aliphatic rings. The Morgan fingerprint density at radius 3 is 3.00 bits per heavy atom. The van der Waals surface area contributed by atoms with Gasteiger partial charge in [0.15, 0.2) is 0 Å². The number of amides is 1. The summed E-state index contributed by atoms with van der Waals surface area (Å²) >= 11 is 0. The average molecular weight is 264 g/mol. The van der Waals surface area contributed by atoms with Gasteiger partial charge in [0, 0.05) is 12.6 Å². The molecule has 1 aliphatic heterocycles. The predicted octanol–water partition coefficient (Wildman–Crippen LogP) is 1.99. The van der Waals surface area contributed by atoms with Gasteiger partial charge >= 0.3 is 6.09 Å². The number of carbonyl (C=O) groups is 1. The van der Waals surface area contributed by atoms with Gasteiger partial charge in [-0.2, -0.15) is 5.48 Å². The van der Waals surface area contributed by atoms with Crippen LogP contribution in [0.4, 0.5) is 4.79 Å². The van der Waals surface area contributed by atoms with Gasteiger partial charge in [-0.1, -0.05) is 30.3 Å². The second-order valence-corrected chi connectivity index (χ2v) is 4.58. The van der Waals surface area contributed by atoms with Gasteiger partial charge in [-0.05, 0) is 24.8 Å². The van der Waals surface area contributed by atoms with E-state index in [1.165, 1.54) is 0 Å². The topological polar surface area (TPSA) is 59.6 Å². The van der Waals surface area contributed by atoms with E-state index in [9.17, 15) is 4.79 Å². The monoisotopic (exact) mass is 264 g/mol. The van der Waals surface area contributed by atoms with E-state index in [-0.39, 0.29) is 6.09 Å². The first kappa shape index (κ1) is 13.8. The molecule has 0 aromatic heterocycles. The van der Waals surface area contributed by atoms with Crippen LogP contribution in [0.1, 0.15) is 24.8 Å². The van der Waals surface area contributed by atoms with E-state index in [4.69, 9.17) is 9.57 Å². The molecule has 1 atom stereocenters. The van der Waals surface area contributed by atoms with Crippen LogP contribution in [-0.4, -0.2) is 25.3 Å². The van der Waals surface area contributed by atoms with Crippen LogP contribution in [0, 0.1) is 0 Å². The summed E-state index contributed by atoms with van der Waals surface area (Å²) in [6.45, 7) is 1.72. The van der Waals surface area contributed by atoms with Gasteiger partial charge in [0.1, 0.15) is 6.61 Å². The lowest BCUT2D eigenvalue weighted by atomic mass is 10.1. The third-order valence-corrected chi connectivity index (χ3v) is 3.03. The van der Waals surface area contributed by atoms with Crippen LogP contribution in [-0.2, 0) is 16.2 Å². The van der Waals surface area contributed by atoms with Crippen LogP contribution in [0.2, 0.25) is 0 Å². The van der Waals surface area contributed by atoms with E-state index in [0.29, 0.717) is 19.2 Å². The van der Waals surface area contributed by atoms with Crippen LogP contribution in [0.5, 0.6) is 0 Å². The van der Waals surface area contributed by atoms with E-state index in [1.54, 1.807) is 0 Å². The Hall–Kier alpha value is -1.59. The van der Waals surface area contributed by atoms with Crippen LogP contribution < -0.4 is 10.8 Å². The van der Waals surface area contributed by atoms with Crippen LogP contribution in [0.15, 0.2) is 30.3 Å². The van der Waals surface area contributed by atoms with Crippen LogP contribution >= 0.6 is 0 Å². The molecule has 1 aromatic carbocycles. The largest absolute Gasteiger partial charge is 0.445 e. The molecule has 2 rings (SSSR count). The molecule has 1 unspecified atom stereocenters. The Morgan fingerprint density at radius 1 is 1.42 bits per heavy atom. The average Bonchev–Trinajstić information content (AvgIpc) is 2.96. The highest BCUT2D eigenvalue weighted by Crippen LogP contribution is 2.07. The van der Waals surface area contributed by atoms with Gasteiger partial charge in [-0.25, -0.2) is 4.79 Å². The van der Waals surface area contributed by atoms with Crippen molar-refractivity contribution in [1.82, 2.24) is 10.8 Å². The van der Waals surface area contributed by atoms with Crippen molar-refractivity contribution in [3.8, 4) is 0 Å². The highest BCUT2D eigenvalue weighted by Gasteiger charge is 2.14. The number of hydroxylamine groups is 1. The Labute approximate surface area is 113 Å². The molecule has 1 aromatic rings. The molecule has 2 N–H and O–H groups in total. The zero-order valence-electron chi connectivity index (χ0n) is 10.9. The van der Waals surface area contributed by atoms with Gasteiger partial charge in [0.05, 0.1) is 6.61 Å². The van der Waals surface area contributed by atoms with Gasteiger partial charge in [0.2, 0.25) is 0 Å². The molecule has 1 amide bonds. The van der Waals surface area contributed by atoms with E-state index in [2.05, 4.69) is 10.8 Å². The number of hydrogen-bond donors (Lipinski definition) is 2. The lowest BCUT2D eigenvalue weighted by Crippen LogP contribution is -2.27. The van der Waals surface area contributed by atoms with Crippen molar-refractivity contribution in [3.05, 3.63) is 35.9 Å². The number of alkyl carbamates (subject to hydrolysis) is 1. The van der Waals surface area contributed by atoms with Crippen molar-refractivity contribution in [2.45, 2.75) is 31.9 Å². The molecule has 5 heteroatoms. The highest BCUT2D eigenvalue weighted by molar-refractivity contribution is 5.67.